The average molecular weight is 391 g/mol. The topological polar surface area (TPSA) is 75.2 Å². The number of aromatic nitrogens is 2. The predicted molar refractivity (Wildman–Crippen MR) is 102 cm³/mol. The third kappa shape index (κ3) is 4.11. The van der Waals surface area contributed by atoms with E-state index in [-0.39, 0.29) is 16.6 Å². The number of benzene rings is 1. The van der Waals surface area contributed by atoms with Crippen molar-refractivity contribution in [2.75, 3.05) is 13.1 Å². The van der Waals surface area contributed by atoms with E-state index >= 15 is 0 Å². The minimum absolute atomic E-state index is 0.0950. The Morgan fingerprint density at radius 2 is 1.85 bits per heavy atom. The predicted octanol–water partition coefficient (Wildman–Crippen LogP) is 3.20. The van der Waals surface area contributed by atoms with Crippen LogP contribution in [-0.4, -0.2) is 39.4 Å². The fraction of sp³-hybridized carbons (Fsp3) is 0.333. The van der Waals surface area contributed by atoms with Gasteiger partial charge in [-0.1, -0.05) is 46.4 Å². The lowest BCUT2D eigenvalue weighted by molar-refractivity contribution is -0.128. The first-order valence-electron chi connectivity index (χ1n) is 8.42. The smallest absolute Gasteiger partial charge is 0.271 e. The van der Waals surface area contributed by atoms with E-state index in [1.807, 2.05) is 18.2 Å². The van der Waals surface area contributed by atoms with Crippen molar-refractivity contribution in [1.82, 2.24) is 19.8 Å². The maximum absolute atomic E-state index is 13.0. The van der Waals surface area contributed by atoms with Crippen molar-refractivity contribution < 1.29 is 9.59 Å². The van der Waals surface area contributed by atoms with E-state index in [0.717, 1.165) is 30.8 Å². The van der Waals surface area contributed by atoms with Gasteiger partial charge in [-0.25, -0.2) is 0 Å². The third-order valence-corrected chi connectivity index (χ3v) is 5.43. The van der Waals surface area contributed by atoms with Gasteiger partial charge < -0.3 is 10.2 Å². The molecule has 1 aromatic carbocycles. The lowest BCUT2D eigenvalue weighted by atomic mass is 10.1. The molecule has 8 heteroatoms. The van der Waals surface area contributed by atoms with Gasteiger partial charge in [-0.05, 0) is 43.3 Å². The number of amides is 2. The Kier molecular flexibility index (Phi) is 6.00. The van der Waals surface area contributed by atoms with E-state index in [1.54, 1.807) is 24.0 Å². The maximum Gasteiger partial charge on any atom is 0.271 e. The molecule has 0 unspecified atom stereocenters. The molecule has 0 atom stereocenters. The monoisotopic (exact) mass is 390 g/mol. The Labute approximate surface area is 161 Å². The van der Waals surface area contributed by atoms with Crippen LogP contribution in [0.3, 0.4) is 0 Å². The lowest BCUT2D eigenvalue weighted by Crippen LogP contribution is -2.41. The van der Waals surface area contributed by atoms with Crippen LogP contribution in [0.15, 0.2) is 36.0 Å². The Morgan fingerprint density at radius 1 is 1.15 bits per heavy atom. The summed E-state index contributed by atoms with van der Waals surface area (Å²) in [5.74, 6) is -0.686. The summed E-state index contributed by atoms with van der Waals surface area (Å²) in [6.45, 7) is 3.03. The summed E-state index contributed by atoms with van der Waals surface area (Å²) in [6.07, 6.45) is 3.01. The van der Waals surface area contributed by atoms with Gasteiger partial charge in [0, 0.05) is 13.1 Å². The van der Waals surface area contributed by atoms with Crippen molar-refractivity contribution in [2.24, 2.45) is 0 Å². The molecule has 2 amide bonds. The number of carbonyl (C=O) groups is 2. The van der Waals surface area contributed by atoms with Crippen LogP contribution in [0.2, 0.25) is 0 Å². The molecule has 136 valence electrons. The van der Waals surface area contributed by atoms with Gasteiger partial charge in [0.2, 0.25) is 0 Å². The summed E-state index contributed by atoms with van der Waals surface area (Å²) in [5, 5.41) is 6.78. The first-order valence-corrected chi connectivity index (χ1v) is 9.58. The molecule has 1 fully saturated rings. The molecule has 1 N–H and O–H groups in total. The second-order valence-electron chi connectivity index (χ2n) is 6.05. The van der Waals surface area contributed by atoms with Crippen LogP contribution in [0.1, 0.15) is 40.2 Å². The molecule has 1 aliphatic rings. The molecular weight excluding hydrogens is 372 g/mol. The molecule has 1 saturated heterocycles. The Hall–Kier alpha value is -2.25. The second-order valence-corrected chi connectivity index (χ2v) is 7.18. The summed E-state index contributed by atoms with van der Waals surface area (Å²) >= 11 is 7.51. The highest BCUT2D eigenvalue weighted by atomic mass is 35.5. The molecule has 6 nitrogen and oxygen atoms in total. The molecule has 2 aromatic rings. The van der Waals surface area contributed by atoms with E-state index in [0.29, 0.717) is 29.2 Å². The maximum atomic E-state index is 13.0. The molecule has 1 aliphatic heterocycles. The summed E-state index contributed by atoms with van der Waals surface area (Å²) in [5.41, 5.74) is 1.29. The molecule has 2 heterocycles. The van der Waals surface area contributed by atoms with Crippen molar-refractivity contribution in [3.05, 3.63) is 52.2 Å². The summed E-state index contributed by atoms with van der Waals surface area (Å²) < 4.78 is 3.77. The number of hydrogen-bond donors (Lipinski definition) is 1. The van der Waals surface area contributed by atoms with E-state index in [9.17, 15) is 9.59 Å². The second kappa shape index (κ2) is 8.42. The van der Waals surface area contributed by atoms with Crippen molar-refractivity contribution >= 4 is 40.0 Å². The molecule has 0 bridgehead atoms. The van der Waals surface area contributed by atoms with Crippen molar-refractivity contribution in [2.45, 2.75) is 26.2 Å². The highest BCUT2D eigenvalue weighted by Crippen LogP contribution is 2.25. The number of piperidine rings is 1. The number of likely N-dealkylation sites (tertiary alicyclic amines) is 1. The number of nitrogens with one attached hydrogen (secondary N) is 1. The largest absolute Gasteiger partial charge is 0.337 e. The van der Waals surface area contributed by atoms with Crippen LogP contribution in [0.4, 0.5) is 0 Å². The number of halogens is 1. The summed E-state index contributed by atoms with van der Waals surface area (Å²) in [7, 11) is 0. The fourth-order valence-electron chi connectivity index (χ4n) is 2.80. The van der Waals surface area contributed by atoms with Crippen molar-refractivity contribution in [3.8, 4) is 0 Å². The number of aryl methyl sites for hydroxylation is 1. The molecule has 0 spiro atoms. The average Bonchev–Trinajstić information content (AvgIpc) is 3.12. The standard InChI is InChI=1S/C18H19ClN4O2S/c1-12-16(26-22-21-12)17(24)20-15(14(19)13-8-4-2-5-9-13)18(25)23-10-6-3-7-11-23/h2,4-5,8-9H,3,6-7,10-11H2,1H3,(H,20,24)/b15-14-. The van der Waals surface area contributed by atoms with E-state index in [4.69, 9.17) is 11.6 Å². The number of nitrogens with zero attached hydrogens (tertiary/aromatic N) is 3. The molecule has 1 aromatic heterocycles. The Balaban J connectivity index is 1.94. The van der Waals surface area contributed by atoms with Gasteiger partial charge >= 0.3 is 0 Å². The number of carbonyl (C=O) groups excluding carboxylic acids is 2. The lowest BCUT2D eigenvalue weighted by Gasteiger charge is -2.28. The highest BCUT2D eigenvalue weighted by molar-refractivity contribution is 7.08. The van der Waals surface area contributed by atoms with Gasteiger partial charge in [0.25, 0.3) is 11.8 Å². The first kappa shape index (κ1) is 18.5. The quantitative estimate of drug-likeness (QED) is 0.813. The molecule has 0 saturated carbocycles. The molecule has 0 aliphatic carbocycles. The molecular formula is C18H19ClN4O2S. The molecule has 0 radical (unpaired) electrons. The summed E-state index contributed by atoms with van der Waals surface area (Å²) in [4.78, 5) is 27.8. The van der Waals surface area contributed by atoms with Crippen LogP contribution in [-0.2, 0) is 4.79 Å². The van der Waals surface area contributed by atoms with Crippen LogP contribution in [0.25, 0.3) is 5.03 Å². The van der Waals surface area contributed by atoms with Crippen molar-refractivity contribution in [3.63, 3.8) is 0 Å². The van der Waals surface area contributed by atoms with E-state index < -0.39 is 5.91 Å². The van der Waals surface area contributed by atoms with Crippen LogP contribution in [0, 0.1) is 6.92 Å². The third-order valence-electron chi connectivity index (χ3n) is 4.20. The molecule has 26 heavy (non-hydrogen) atoms. The zero-order chi connectivity index (χ0) is 18.5. The Morgan fingerprint density at radius 3 is 2.46 bits per heavy atom. The zero-order valence-electron chi connectivity index (χ0n) is 14.4. The Bertz CT molecular complexity index is 829. The molecule has 3 rings (SSSR count). The van der Waals surface area contributed by atoms with Crippen LogP contribution >= 0.6 is 23.1 Å². The summed E-state index contributed by atoms with van der Waals surface area (Å²) in [6, 6.07) is 9.14. The van der Waals surface area contributed by atoms with Crippen molar-refractivity contribution in [1.29, 1.82) is 0 Å². The van der Waals surface area contributed by atoms with Gasteiger partial charge in [0.1, 0.15) is 10.6 Å². The van der Waals surface area contributed by atoms with E-state index in [1.165, 1.54) is 0 Å². The van der Waals surface area contributed by atoms with Crippen LogP contribution < -0.4 is 5.32 Å². The van der Waals surface area contributed by atoms with Gasteiger partial charge in [-0.3, -0.25) is 9.59 Å². The fourth-order valence-corrected chi connectivity index (χ4v) is 3.60. The van der Waals surface area contributed by atoms with Gasteiger partial charge in [-0.2, -0.15) is 0 Å². The van der Waals surface area contributed by atoms with E-state index in [2.05, 4.69) is 14.9 Å². The SMILES string of the molecule is Cc1nnsc1C(=O)N/C(C(=O)N1CCCCC1)=C(\Cl)c1ccccc1. The minimum Gasteiger partial charge on any atom is -0.337 e. The van der Waals surface area contributed by atoms with Gasteiger partial charge in [-0.15, -0.1) is 5.10 Å². The number of hydrogen-bond acceptors (Lipinski definition) is 5. The normalized spacial score (nSPS) is 15.4. The van der Waals surface area contributed by atoms with Gasteiger partial charge in [0.05, 0.1) is 10.7 Å². The van der Waals surface area contributed by atoms with Crippen LogP contribution in [0.5, 0.6) is 0 Å². The zero-order valence-corrected chi connectivity index (χ0v) is 15.9. The first-order chi connectivity index (χ1) is 12.6. The van der Waals surface area contributed by atoms with Gasteiger partial charge in [0.15, 0.2) is 0 Å². The highest BCUT2D eigenvalue weighted by Gasteiger charge is 2.26. The number of rotatable bonds is 4. The minimum atomic E-state index is -0.424.